The molecule has 5 rings (SSSR count). The van der Waals surface area contributed by atoms with Crippen LogP contribution in [0.4, 0.5) is 17.1 Å². The molecule has 3 aromatic rings. The summed E-state index contributed by atoms with van der Waals surface area (Å²) in [5, 5.41) is 13.7. The van der Waals surface area contributed by atoms with Crippen molar-refractivity contribution >= 4 is 35.6 Å². The minimum Gasteiger partial charge on any atom is -0.493 e. The second-order valence-electron chi connectivity index (χ2n) is 11.6. The topological polar surface area (TPSA) is 102 Å². The molecule has 248 valence electrons. The summed E-state index contributed by atoms with van der Waals surface area (Å²) >= 11 is 4.64. The summed E-state index contributed by atoms with van der Waals surface area (Å²) in [4.78, 5) is 17.9. The molecule has 2 aliphatic heterocycles. The van der Waals surface area contributed by atoms with E-state index in [1.807, 2.05) is 48.2 Å². The van der Waals surface area contributed by atoms with Crippen LogP contribution in [0.3, 0.4) is 0 Å². The Balaban J connectivity index is 1.29. The highest BCUT2D eigenvalue weighted by Crippen LogP contribution is 2.40. The number of carbonyl (C=O) groups excluding carboxylic acids is 1. The van der Waals surface area contributed by atoms with Crippen LogP contribution in [0.2, 0.25) is 0 Å². The van der Waals surface area contributed by atoms with Gasteiger partial charge in [0.25, 0.3) is 5.91 Å². The molecule has 0 fully saturated rings. The van der Waals surface area contributed by atoms with Gasteiger partial charge in [-0.15, -0.1) is 0 Å². The van der Waals surface area contributed by atoms with E-state index in [1.165, 1.54) is 5.56 Å². The lowest BCUT2D eigenvalue weighted by Gasteiger charge is -2.27. The third-order valence-corrected chi connectivity index (χ3v) is 8.29. The number of aliphatic hydroxyl groups excluding tert-OH is 1. The molecule has 2 N–H and O–H groups in total. The molecule has 10 nitrogen and oxygen atoms in total. The maximum atomic E-state index is 13.8. The third kappa shape index (κ3) is 8.26. The van der Waals surface area contributed by atoms with Gasteiger partial charge in [-0.3, -0.25) is 4.79 Å². The second-order valence-corrected chi connectivity index (χ2v) is 12.4. The van der Waals surface area contributed by atoms with Gasteiger partial charge in [-0.25, -0.2) is 0 Å². The first-order chi connectivity index (χ1) is 22.4. The number of ether oxygens (including phenoxy) is 5. The van der Waals surface area contributed by atoms with E-state index in [1.54, 1.807) is 20.3 Å². The van der Waals surface area contributed by atoms with Crippen LogP contribution >= 0.6 is 12.6 Å². The number of thiol groups is 1. The molecule has 46 heavy (non-hydrogen) atoms. The van der Waals surface area contributed by atoms with E-state index >= 15 is 0 Å². The van der Waals surface area contributed by atoms with Gasteiger partial charge >= 0.3 is 0 Å². The smallest absolute Gasteiger partial charge is 0.260 e. The van der Waals surface area contributed by atoms with E-state index in [-0.39, 0.29) is 30.4 Å². The van der Waals surface area contributed by atoms with Crippen LogP contribution in [-0.4, -0.2) is 89.2 Å². The predicted octanol–water partition coefficient (Wildman–Crippen LogP) is 4.57. The van der Waals surface area contributed by atoms with Gasteiger partial charge < -0.3 is 43.9 Å². The Morgan fingerprint density at radius 3 is 2.52 bits per heavy atom. The summed E-state index contributed by atoms with van der Waals surface area (Å²) in [5.74, 6) is 0.954. The lowest BCUT2D eigenvalue weighted by atomic mass is 10.1. The molecule has 1 amide bonds. The number of amides is 1. The summed E-state index contributed by atoms with van der Waals surface area (Å²) < 4.78 is 28.3. The molecule has 0 spiro atoms. The van der Waals surface area contributed by atoms with Crippen LogP contribution in [0.25, 0.3) is 0 Å². The summed E-state index contributed by atoms with van der Waals surface area (Å²) in [5.41, 5.74) is 6.04. The monoisotopic (exact) mass is 651 g/mol. The average molecular weight is 652 g/mol. The zero-order valence-corrected chi connectivity index (χ0v) is 27.8. The van der Waals surface area contributed by atoms with Crippen LogP contribution < -0.4 is 24.6 Å². The van der Waals surface area contributed by atoms with Crippen molar-refractivity contribution in [3.63, 3.8) is 0 Å². The molecule has 2 aliphatic rings. The number of carbonyl (C=O) groups is 1. The van der Waals surface area contributed by atoms with Gasteiger partial charge in [-0.2, -0.15) is 12.6 Å². The minimum absolute atomic E-state index is 0.0369. The van der Waals surface area contributed by atoms with E-state index < -0.39 is 0 Å². The SMILES string of the molecule is COCCOCCOCCN(C[C@H](C)S)c1cc(CO)cc(COc2cc3c(cc2OC)C(=O)N2c4ccccc4C[C@H]2CN3)c1. The Kier molecular flexibility index (Phi) is 12.1. The molecule has 2 atom stereocenters. The van der Waals surface area contributed by atoms with Crippen molar-refractivity contribution in [3.8, 4) is 11.5 Å². The molecule has 0 bridgehead atoms. The van der Waals surface area contributed by atoms with Crippen molar-refractivity contribution in [3.05, 3.63) is 76.9 Å². The number of hydrogen-bond donors (Lipinski definition) is 3. The van der Waals surface area contributed by atoms with Crippen LogP contribution in [0, 0.1) is 0 Å². The number of rotatable bonds is 17. The Bertz CT molecular complexity index is 1470. The van der Waals surface area contributed by atoms with Crippen molar-refractivity contribution in [2.24, 2.45) is 0 Å². The molecule has 0 aromatic heterocycles. The number of methoxy groups -OCH3 is 2. The van der Waals surface area contributed by atoms with Gasteiger partial charge in [0.1, 0.15) is 6.61 Å². The largest absolute Gasteiger partial charge is 0.493 e. The van der Waals surface area contributed by atoms with Gasteiger partial charge in [0, 0.05) is 49.4 Å². The van der Waals surface area contributed by atoms with Crippen LogP contribution in [-0.2, 0) is 33.8 Å². The van der Waals surface area contributed by atoms with E-state index in [0.29, 0.717) is 69.7 Å². The zero-order valence-electron chi connectivity index (χ0n) is 26.9. The van der Waals surface area contributed by atoms with Crippen LogP contribution in [0.1, 0.15) is 34.0 Å². The summed E-state index contributed by atoms with van der Waals surface area (Å²) in [6, 6.07) is 17.7. The minimum atomic E-state index is -0.102. The van der Waals surface area contributed by atoms with Gasteiger partial charge in [0.2, 0.25) is 0 Å². The van der Waals surface area contributed by atoms with E-state index in [4.69, 9.17) is 23.7 Å². The number of anilines is 3. The highest BCUT2D eigenvalue weighted by Gasteiger charge is 2.37. The molecule has 0 aliphatic carbocycles. The maximum Gasteiger partial charge on any atom is 0.260 e. The standard InChI is InChI=1S/C35H45N3O7S/c1-24(46)21-37(8-9-43-12-13-44-11-10-41-2)28-15-25(22-39)14-26(16-28)23-45-34-19-31-30(18-33(34)42-3)35(40)38-29(20-36-31)17-27-6-4-5-7-32(27)38/h4-7,14-16,18-19,24,29,36,39,46H,8-13,17,20-23H2,1-3H3/t24-,29-/m0/s1. The van der Waals surface area contributed by atoms with Gasteiger partial charge in [0.05, 0.1) is 64.0 Å². The Hall–Kier alpha value is -3.48. The molecule has 0 saturated heterocycles. The molecule has 2 heterocycles. The highest BCUT2D eigenvalue weighted by molar-refractivity contribution is 7.80. The Labute approximate surface area is 276 Å². The quantitative estimate of drug-likeness (QED) is 0.143. The van der Waals surface area contributed by atoms with Gasteiger partial charge in [0.15, 0.2) is 11.5 Å². The number of benzene rings is 3. The number of fused-ring (bicyclic) bond motifs is 4. The lowest BCUT2D eigenvalue weighted by Crippen LogP contribution is -2.39. The average Bonchev–Trinajstić information content (AvgIpc) is 3.38. The Morgan fingerprint density at radius 2 is 1.76 bits per heavy atom. The van der Waals surface area contributed by atoms with Gasteiger partial charge in [-0.1, -0.05) is 25.1 Å². The fourth-order valence-electron chi connectivity index (χ4n) is 5.96. The third-order valence-electron chi connectivity index (χ3n) is 8.13. The van der Waals surface area contributed by atoms with Crippen molar-refractivity contribution in [2.75, 3.05) is 82.0 Å². The fourth-order valence-corrected chi connectivity index (χ4v) is 6.15. The first kappa shape index (κ1) is 33.9. The number of nitrogens with zero attached hydrogens (tertiary/aromatic N) is 2. The molecule has 11 heteroatoms. The fraction of sp³-hybridized carbons (Fsp3) is 0.457. The van der Waals surface area contributed by atoms with E-state index in [2.05, 4.69) is 35.0 Å². The number of aliphatic hydroxyl groups is 1. The summed E-state index contributed by atoms with van der Waals surface area (Å²) in [6.45, 7) is 6.80. The van der Waals surface area contributed by atoms with E-state index in [0.717, 1.165) is 34.6 Å². The normalized spacial score (nSPS) is 15.8. The second kappa shape index (κ2) is 16.4. The number of hydrogen-bond acceptors (Lipinski definition) is 10. The first-order valence-electron chi connectivity index (χ1n) is 15.7. The lowest BCUT2D eigenvalue weighted by molar-refractivity contribution is 0.0265. The van der Waals surface area contributed by atoms with Gasteiger partial charge in [-0.05, 0) is 53.4 Å². The molecule has 3 aromatic carbocycles. The van der Waals surface area contributed by atoms with Crippen molar-refractivity contribution < 1.29 is 33.6 Å². The zero-order chi connectivity index (χ0) is 32.5. The van der Waals surface area contributed by atoms with Crippen LogP contribution in [0.5, 0.6) is 11.5 Å². The molecular formula is C35H45N3O7S. The molecular weight excluding hydrogens is 606 g/mol. The number of nitrogens with one attached hydrogen (secondary N) is 1. The Morgan fingerprint density at radius 1 is 1.00 bits per heavy atom. The summed E-state index contributed by atoms with van der Waals surface area (Å²) in [6.07, 6.45) is 0.811. The molecule has 0 radical (unpaired) electrons. The van der Waals surface area contributed by atoms with Crippen LogP contribution in [0.15, 0.2) is 54.6 Å². The molecule has 0 saturated carbocycles. The number of para-hydroxylation sites is 1. The van der Waals surface area contributed by atoms with Crippen molar-refractivity contribution in [2.45, 2.75) is 37.9 Å². The highest BCUT2D eigenvalue weighted by atomic mass is 32.1. The predicted molar refractivity (Wildman–Crippen MR) is 183 cm³/mol. The first-order valence-corrected chi connectivity index (χ1v) is 16.2. The summed E-state index contributed by atoms with van der Waals surface area (Å²) in [7, 11) is 3.22. The maximum absolute atomic E-state index is 13.8. The molecule has 0 unspecified atom stereocenters. The van der Waals surface area contributed by atoms with Crippen molar-refractivity contribution in [1.82, 2.24) is 0 Å². The van der Waals surface area contributed by atoms with E-state index in [9.17, 15) is 9.90 Å². The van der Waals surface area contributed by atoms with Crippen molar-refractivity contribution in [1.29, 1.82) is 0 Å².